The van der Waals surface area contributed by atoms with Crippen LogP contribution < -0.4 is 5.32 Å². The maximum absolute atomic E-state index is 12.5. The van der Waals surface area contributed by atoms with E-state index < -0.39 is 12.1 Å². The summed E-state index contributed by atoms with van der Waals surface area (Å²) in [6.07, 6.45) is 72.6. The van der Waals surface area contributed by atoms with Crippen molar-refractivity contribution in [2.24, 2.45) is 0 Å². The zero-order chi connectivity index (χ0) is 50.7. The van der Waals surface area contributed by atoms with Gasteiger partial charge < -0.3 is 20.3 Å². The molecule has 0 bridgehead atoms. The molecule has 0 aliphatic carbocycles. The smallest absolute Gasteiger partial charge is 0.305 e. The van der Waals surface area contributed by atoms with Crippen LogP contribution >= 0.6 is 0 Å². The van der Waals surface area contributed by atoms with Crippen molar-refractivity contribution in [2.75, 3.05) is 13.2 Å². The van der Waals surface area contributed by atoms with E-state index in [9.17, 15) is 19.8 Å². The second kappa shape index (κ2) is 60.2. The summed E-state index contributed by atoms with van der Waals surface area (Å²) in [4.78, 5) is 24.5. The molecule has 3 N–H and O–H groups in total. The first-order valence-electron chi connectivity index (χ1n) is 32.0. The van der Waals surface area contributed by atoms with Crippen molar-refractivity contribution in [1.82, 2.24) is 5.32 Å². The number of esters is 1. The summed E-state index contributed by atoms with van der Waals surface area (Å²) in [6.45, 7) is 4.93. The van der Waals surface area contributed by atoms with E-state index in [-0.39, 0.29) is 18.5 Å². The molecule has 0 aromatic carbocycles. The second-order valence-electron chi connectivity index (χ2n) is 22.1. The van der Waals surface area contributed by atoms with Crippen LogP contribution in [0.15, 0.2) is 12.2 Å². The van der Waals surface area contributed by atoms with Crippen LogP contribution in [0.25, 0.3) is 0 Å². The fraction of sp³-hybridized carbons (Fsp3) is 0.938. The van der Waals surface area contributed by atoms with Crippen LogP contribution in [0.5, 0.6) is 0 Å². The lowest BCUT2D eigenvalue weighted by molar-refractivity contribution is -0.143. The lowest BCUT2D eigenvalue weighted by atomic mass is 10.0. The maximum atomic E-state index is 12.5. The normalized spacial score (nSPS) is 12.6. The number of nitrogens with one attached hydrogen (secondary N) is 1. The predicted octanol–water partition coefficient (Wildman–Crippen LogP) is 20.0. The Morgan fingerprint density at radius 3 is 0.971 bits per heavy atom. The molecule has 0 aliphatic rings. The average Bonchev–Trinajstić information content (AvgIpc) is 3.36. The van der Waals surface area contributed by atoms with Gasteiger partial charge in [0.25, 0.3) is 0 Å². The molecule has 0 aliphatic heterocycles. The molecular formula is C64H125NO5. The van der Waals surface area contributed by atoms with E-state index in [0.717, 1.165) is 38.5 Å². The number of aliphatic hydroxyl groups excluding tert-OH is 2. The Morgan fingerprint density at radius 2 is 0.657 bits per heavy atom. The van der Waals surface area contributed by atoms with Crippen LogP contribution in [0.4, 0.5) is 0 Å². The van der Waals surface area contributed by atoms with Crippen LogP contribution in [-0.4, -0.2) is 47.4 Å². The monoisotopic (exact) mass is 988 g/mol. The largest absolute Gasteiger partial charge is 0.466 e. The van der Waals surface area contributed by atoms with Crippen molar-refractivity contribution < 1.29 is 24.5 Å². The highest BCUT2D eigenvalue weighted by atomic mass is 16.5. The summed E-state index contributed by atoms with van der Waals surface area (Å²) in [6, 6.07) is -0.629. The minimum atomic E-state index is -0.846. The Bertz CT molecular complexity index is 1050. The predicted molar refractivity (Wildman–Crippen MR) is 306 cm³/mol. The van der Waals surface area contributed by atoms with Crippen molar-refractivity contribution >= 4 is 11.9 Å². The molecule has 0 fully saturated rings. The van der Waals surface area contributed by atoms with E-state index in [4.69, 9.17) is 4.74 Å². The summed E-state index contributed by atoms with van der Waals surface area (Å²) in [5, 5.41) is 23.2. The molecule has 0 radical (unpaired) electrons. The average molecular weight is 989 g/mol. The first kappa shape index (κ1) is 68.6. The highest BCUT2D eigenvalue weighted by Crippen LogP contribution is 2.18. The van der Waals surface area contributed by atoms with E-state index in [0.29, 0.717) is 19.4 Å². The van der Waals surface area contributed by atoms with Crippen molar-refractivity contribution in [2.45, 2.75) is 373 Å². The third kappa shape index (κ3) is 55.9. The molecule has 0 spiro atoms. The van der Waals surface area contributed by atoms with Crippen LogP contribution in [0.1, 0.15) is 361 Å². The molecule has 6 nitrogen and oxygen atoms in total. The summed E-state index contributed by atoms with van der Waals surface area (Å²) >= 11 is 0. The third-order valence-electron chi connectivity index (χ3n) is 15.1. The lowest BCUT2D eigenvalue weighted by Crippen LogP contribution is -2.45. The molecule has 0 aromatic rings. The zero-order valence-corrected chi connectivity index (χ0v) is 47.5. The SMILES string of the molecule is CCCCCCCCCCCCCCCCCCCCCC/C=C/C(O)C(CO)NC(=O)CCCCCCCCCCCCCCCCCCCCCCOC(=O)CCCCCCCCCCCCC. The number of rotatable bonds is 60. The van der Waals surface area contributed by atoms with Crippen molar-refractivity contribution in [3.05, 3.63) is 12.2 Å². The third-order valence-corrected chi connectivity index (χ3v) is 15.1. The number of carbonyl (C=O) groups is 2. The van der Waals surface area contributed by atoms with Crippen LogP contribution in [0.3, 0.4) is 0 Å². The van der Waals surface area contributed by atoms with Gasteiger partial charge in [0.2, 0.25) is 5.91 Å². The summed E-state index contributed by atoms with van der Waals surface area (Å²) in [5.41, 5.74) is 0. The number of hydrogen-bond acceptors (Lipinski definition) is 5. The van der Waals surface area contributed by atoms with Crippen molar-refractivity contribution in [3.63, 3.8) is 0 Å². The first-order valence-corrected chi connectivity index (χ1v) is 32.0. The van der Waals surface area contributed by atoms with E-state index >= 15 is 0 Å². The van der Waals surface area contributed by atoms with E-state index in [1.54, 1.807) is 6.08 Å². The van der Waals surface area contributed by atoms with Crippen molar-refractivity contribution in [1.29, 1.82) is 0 Å². The Hall–Kier alpha value is -1.40. The van der Waals surface area contributed by atoms with Gasteiger partial charge in [-0.2, -0.15) is 0 Å². The highest BCUT2D eigenvalue weighted by molar-refractivity contribution is 5.76. The molecule has 6 heteroatoms. The van der Waals surface area contributed by atoms with Gasteiger partial charge in [-0.05, 0) is 32.1 Å². The number of ether oxygens (including phenoxy) is 1. The molecule has 1 amide bonds. The van der Waals surface area contributed by atoms with Crippen LogP contribution in [0.2, 0.25) is 0 Å². The molecular weight excluding hydrogens is 863 g/mol. The zero-order valence-electron chi connectivity index (χ0n) is 47.5. The van der Waals surface area contributed by atoms with Gasteiger partial charge >= 0.3 is 5.97 Å². The Balaban J connectivity index is 3.43. The topological polar surface area (TPSA) is 95.9 Å². The number of aliphatic hydroxyl groups is 2. The summed E-state index contributed by atoms with van der Waals surface area (Å²) < 4.78 is 5.47. The van der Waals surface area contributed by atoms with E-state index in [1.165, 1.54) is 295 Å². The highest BCUT2D eigenvalue weighted by Gasteiger charge is 2.18. The standard InChI is InChI=1S/C64H125NO5/c1-3-5-7-9-11-13-15-16-17-18-19-20-21-24-27-30-33-37-40-44-48-52-56-62(67)61(60-66)65-63(68)57-53-49-45-41-38-34-31-28-25-22-23-26-29-32-35-39-43-47-51-55-59-70-64(69)58-54-50-46-42-36-14-12-10-8-6-4-2/h52,56,61-62,66-67H,3-51,53-55,57-60H2,1-2H3,(H,65,68)/b56-52+. The summed E-state index contributed by atoms with van der Waals surface area (Å²) in [5.74, 6) is -0.0552. The number of hydrogen-bond donors (Lipinski definition) is 3. The quantitative estimate of drug-likeness (QED) is 0.0321. The molecule has 70 heavy (non-hydrogen) atoms. The van der Waals surface area contributed by atoms with Gasteiger partial charge in [0.05, 0.1) is 25.4 Å². The number of allylic oxidation sites excluding steroid dienone is 1. The molecule has 0 aromatic heterocycles. The first-order chi connectivity index (χ1) is 34.5. The minimum Gasteiger partial charge on any atom is -0.466 e. The fourth-order valence-electron chi connectivity index (χ4n) is 10.2. The number of amides is 1. The lowest BCUT2D eigenvalue weighted by Gasteiger charge is -2.20. The molecule has 0 saturated heterocycles. The van der Waals surface area contributed by atoms with Gasteiger partial charge in [0, 0.05) is 12.8 Å². The van der Waals surface area contributed by atoms with Gasteiger partial charge in [-0.1, -0.05) is 328 Å². The Kier molecular flexibility index (Phi) is 59.0. The molecule has 0 saturated carbocycles. The van der Waals surface area contributed by atoms with Gasteiger partial charge in [-0.25, -0.2) is 0 Å². The Labute approximate surface area is 438 Å². The second-order valence-corrected chi connectivity index (χ2v) is 22.1. The van der Waals surface area contributed by atoms with Crippen LogP contribution in [-0.2, 0) is 14.3 Å². The van der Waals surface area contributed by atoms with Crippen LogP contribution in [0, 0.1) is 0 Å². The van der Waals surface area contributed by atoms with E-state index in [2.05, 4.69) is 19.2 Å². The summed E-state index contributed by atoms with van der Waals surface area (Å²) in [7, 11) is 0. The van der Waals surface area contributed by atoms with E-state index in [1.807, 2.05) is 6.08 Å². The molecule has 416 valence electrons. The van der Waals surface area contributed by atoms with Gasteiger partial charge in [-0.15, -0.1) is 0 Å². The Morgan fingerprint density at radius 1 is 0.386 bits per heavy atom. The molecule has 0 heterocycles. The minimum absolute atomic E-state index is 0.0105. The van der Waals surface area contributed by atoms with Gasteiger partial charge in [-0.3, -0.25) is 9.59 Å². The van der Waals surface area contributed by atoms with Crippen molar-refractivity contribution in [3.8, 4) is 0 Å². The number of unbranched alkanes of at least 4 members (excludes halogenated alkanes) is 49. The fourth-order valence-corrected chi connectivity index (χ4v) is 10.2. The molecule has 2 unspecified atom stereocenters. The molecule has 2 atom stereocenters. The number of carbonyl (C=O) groups excluding carboxylic acids is 2. The van der Waals surface area contributed by atoms with Gasteiger partial charge in [0.1, 0.15) is 0 Å². The van der Waals surface area contributed by atoms with Gasteiger partial charge in [0.15, 0.2) is 0 Å². The molecule has 0 rings (SSSR count). The maximum Gasteiger partial charge on any atom is 0.305 e.